The number of hydrogen-bond acceptors (Lipinski definition) is 4. The molecule has 5 heteroatoms. The Morgan fingerprint density at radius 2 is 2.28 bits per heavy atom. The fourth-order valence-electron chi connectivity index (χ4n) is 1.18. The molecule has 0 aliphatic carbocycles. The third-order valence-corrected chi connectivity index (χ3v) is 2.21. The molecule has 0 atom stereocenters. The van der Waals surface area contributed by atoms with E-state index in [0.717, 1.165) is 6.07 Å². The molecule has 0 fully saturated rings. The summed E-state index contributed by atoms with van der Waals surface area (Å²) in [5.74, 6) is -0.784. The average Bonchev–Trinajstić information content (AvgIpc) is 2.37. The van der Waals surface area contributed by atoms with Crippen molar-refractivity contribution in [3.63, 3.8) is 0 Å². The Balaban J connectivity index is 2.63. The smallest absolute Gasteiger partial charge is 0.333 e. The molecule has 1 rings (SSSR count). The van der Waals surface area contributed by atoms with Crippen LogP contribution in [-0.4, -0.2) is 19.7 Å². The lowest BCUT2D eigenvalue weighted by Crippen LogP contribution is -2.04. The van der Waals surface area contributed by atoms with Gasteiger partial charge in [-0.25, -0.2) is 9.18 Å². The molecule has 0 amide bonds. The second-order valence-electron chi connectivity index (χ2n) is 3.44. The van der Waals surface area contributed by atoms with Crippen LogP contribution in [0.1, 0.15) is 12.5 Å². The van der Waals surface area contributed by atoms with Crippen molar-refractivity contribution in [2.45, 2.75) is 6.92 Å². The van der Waals surface area contributed by atoms with Crippen molar-refractivity contribution >= 4 is 5.97 Å². The van der Waals surface area contributed by atoms with Crippen LogP contribution in [0.25, 0.3) is 0 Å². The van der Waals surface area contributed by atoms with Gasteiger partial charge in [0.25, 0.3) is 0 Å². The predicted molar refractivity (Wildman–Crippen MR) is 62.4 cm³/mol. The van der Waals surface area contributed by atoms with Crippen LogP contribution < -0.4 is 4.74 Å². The number of ether oxygens (including phenoxy) is 2. The number of benzene rings is 1. The van der Waals surface area contributed by atoms with E-state index in [-0.39, 0.29) is 12.2 Å². The number of carbonyl (C=O) groups excluding carboxylic acids is 1. The number of carbonyl (C=O) groups is 1. The van der Waals surface area contributed by atoms with Gasteiger partial charge in [-0.05, 0) is 25.1 Å². The third kappa shape index (κ3) is 3.59. The third-order valence-electron chi connectivity index (χ3n) is 2.21. The van der Waals surface area contributed by atoms with Crippen molar-refractivity contribution < 1.29 is 18.7 Å². The summed E-state index contributed by atoms with van der Waals surface area (Å²) in [7, 11) is 1.29. The van der Waals surface area contributed by atoms with E-state index in [2.05, 4.69) is 4.74 Å². The Kier molecular flexibility index (Phi) is 4.88. The number of methoxy groups -OCH3 is 1. The Labute approximate surface area is 104 Å². The number of nitrogens with zero attached hydrogens (tertiary/aromatic N) is 1. The van der Waals surface area contributed by atoms with Crippen molar-refractivity contribution in [2.75, 3.05) is 13.7 Å². The highest BCUT2D eigenvalue weighted by molar-refractivity contribution is 5.87. The summed E-state index contributed by atoms with van der Waals surface area (Å²) in [6.45, 7) is 1.71. The summed E-state index contributed by atoms with van der Waals surface area (Å²) < 4.78 is 23.0. The summed E-state index contributed by atoms with van der Waals surface area (Å²) >= 11 is 0. The first kappa shape index (κ1) is 13.7. The van der Waals surface area contributed by atoms with Gasteiger partial charge in [-0.2, -0.15) is 5.26 Å². The van der Waals surface area contributed by atoms with Crippen molar-refractivity contribution in [1.82, 2.24) is 0 Å². The minimum absolute atomic E-state index is 0.0383. The van der Waals surface area contributed by atoms with Gasteiger partial charge in [0.15, 0.2) is 0 Å². The van der Waals surface area contributed by atoms with Crippen LogP contribution in [0.4, 0.5) is 4.39 Å². The largest absolute Gasteiger partial charge is 0.489 e. The van der Waals surface area contributed by atoms with Crippen LogP contribution in [0.3, 0.4) is 0 Å². The fraction of sp³-hybridized carbons (Fsp3) is 0.231. The van der Waals surface area contributed by atoms with Crippen LogP contribution in [-0.2, 0) is 9.53 Å². The van der Waals surface area contributed by atoms with Crippen LogP contribution in [0.5, 0.6) is 5.75 Å². The van der Waals surface area contributed by atoms with Crippen LogP contribution in [0.15, 0.2) is 29.8 Å². The van der Waals surface area contributed by atoms with Gasteiger partial charge in [-0.15, -0.1) is 0 Å². The van der Waals surface area contributed by atoms with E-state index in [4.69, 9.17) is 10.00 Å². The minimum atomic E-state index is -0.635. The minimum Gasteiger partial charge on any atom is -0.489 e. The van der Waals surface area contributed by atoms with Gasteiger partial charge in [-0.1, -0.05) is 0 Å². The monoisotopic (exact) mass is 249 g/mol. The summed E-state index contributed by atoms with van der Waals surface area (Å²) in [5, 5.41) is 8.55. The summed E-state index contributed by atoms with van der Waals surface area (Å²) in [5.41, 5.74) is 0.371. The molecule has 0 aliphatic rings. The van der Waals surface area contributed by atoms with Gasteiger partial charge < -0.3 is 9.47 Å². The lowest BCUT2D eigenvalue weighted by atomic mass is 10.2. The van der Waals surface area contributed by atoms with E-state index >= 15 is 0 Å². The van der Waals surface area contributed by atoms with Gasteiger partial charge >= 0.3 is 5.97 Å². The molecule has 0 spiro atoms. The number of rotatable bonds is 4. The molecule has 4 nitrogen and oxygen atoms in total. The second-order valence-corrected chi connectivity index (χ2v) is 3.44. The molecule has 1 aromatic rings. The van der Waals surface area contributed by atoms with Crippen molar-refractivity contribution in [3.8, 4) is 11.8 Å². The highest BCUT2D eigenvalue weighted by atomic mass is 19.1. The van der Waals surface area contributed by atoms with Gasteiger partial charge in [0.1, 0.15) is 24.2 Å². The summed E-state index contributed by atoms with van der Waals surface area (Å²) in [4.78, 5) is 11.0. The molecule has 18 heavy (non-hydrogen) atoms. The molecular weight excluding hydrogens is 237 g/mol. The van der Waals surface area contributed by atoms with E-state index in [9.17, 15) is 9.18 Å². The van der Waals surface area contributed by atoms with Gasteiger partial charge in [0.2, 0.25) is 0 Å². The Bertz CT molecular complexity index is 517. The summed E-state index contributed by atoms with van der Waals surface area (Å²) in [6, 6.07) is 5.66. The van der Waals surface area contributed by atoms with Gasteiger partial charge in [0, 0.05) is 11.6 Å². The zero-order valence-corrected chi connectivity index (χ0v) is 10.1. The Hall–Kier alpha value is -2.35. The highest BCUT2D eigenvalue weighted by Gasteiger charge is 2.04. The van der Waals surface area contributed by atoms with E-state index in [1.54, 1.807) is 13.0 Å². The number of hydrogen-bond donors (Lipinski definition) is 0. The second kappa shape index (κ2) is 6.40. The zero-order valence-electron chi connectivity index (χ0n) is 10.1. The quantitative estimate of drug-likeness (QED) is 0.606. The van der Waals surface area contributed by atoms with E-state index in [1.165, 1.54) is 25.3 Å². The van der Waals surface area contributed by atoms with Crippen molar-refractivity contribution in [1.29, 1.82) is 5.26 Å². The number of esters is 1. The van der Waals surface area contributed by atoms with Gasteiger partial charge in [-0.3, -0.25) is 0 Å². The molecular formula is C13H12FNO3. The van der Waals surface area contributed by atoms with E-state index in [0.29, 0.717) is 11.3 Å². The normalized spacial score (nSPS) is 10.7. The lowest BCUT2D eigenvalue weighted by Gasteiger charge is -2.04. The molecule has 0 saturated carbocycles. The maximum absolute atomic E-state index is 13.2. The molecule has 0 heterocycles. The summed E-state index contributed by atoms with van der Waals surface area (Å²) in [6.07, 6.45) is 1.53. The maximum atomic E-state index is 13.2. The zero-order chi connectivity index (χ0) is 13.5. The van der Waals surface area contributed by atoms with Crippen LogP contribution >= 0.6 is 0 Å². The predicted octanol–water partition coefficient (Wildman–Crippen LogP) is 2.20. The molecule has 0 unspecified atom stereocenters. The number of halogens is 1. The Morgan fingerprint density at radius 3 is 2.83 bits per heavy atom. The first-order chi connectivity index (χ1) is 8.58. The first-order valence-electron chi connectivity index (χ1n) is 5.16. The Morgan fingerprint density at radius 1 is 1.56 bits per heavy atom. The van der Waals surface area contributed by atoms with Crippen LogP contribution in [0.2, 0.25) is 0 Å². The van der Waals surface area contributed by atoms with E-state index in [1.807, 2.05) is 0 Å². The highest BCUT2D eigenvalue weighted by Crippen LogP contribution is 2.16. The SMILES string of the molecule is COC(=O)C(C)=CCOc1ccc(C#N)c(F)c1. The number of nitriles is 1. The topological polar surface area (TPSA) is 59.3 Å². The first-order valence-corrected chi connectivity index (χ1v) is 5.16. The standard InChI is InChI=1S/C13H12FNO3/c1-9(13(16)17-2)5-6-18-11-4-3-10(8-15)12(14)7-11/h3-5,7H,6H2,1-2H3. The van der Waals surface area contributed by atoms with E-state index < -0.39 is 11.8 Å². The van der Waals surface area contributed by atoms with Crippen molar-refractivity contribution in [3.05, 3.63) is 41.2 Å². The molecule has 0 bridgehead atoms. The maximum Gasteiger partial charge on any atom is 0.333 e. The molecule has 1 aromatic carbocycles. The van der Waals surface area contributed by atoms with Gasteiger partial charge in [0.05, 0.1) is 12.7 Å². The van der Waals surface area contributed by atoms with Crippen LogP contribution in [0, 0.1) is 17.1 Å². The van der Waals surface area contributed by atoms with Crippen molar-refractivity contribution in [2.24, 2.45) is 0 Å². The molecule has 0 N–H and O–H groups in total. The molecule has 94 valence electrons. The fourth-order valence-corrected chi connectivity index (χ4v) is 1.18. The average molecular weight is 249 g/mol. The molecule has 0 aromatic heterocycles. The lowest BCUT2D eigenvalue weighted by molar-refractivity contribution is -0.136. The molecule has 0 radical (unpaired) electrons. The molecule has 0 aliphatic heterocycles. The molecule has 0 saturated heterocycles.